The zero-order chi connectivity index (χ0) is 10.1. The van der Waals surface area contributed by atoms with E-state index >= 15 is 0 Å². The molecule has 0 amide bonds. The molecule has 0 radical (unpaired) electrons. The van der Waals surface area contributed by atoms with Gasteiger partial charge in [0.2, 0.25) is 0 Å². The molecule has 0 aromatic carbocycles. The highest BCUT2D eigenvalue weighted by Gasteiger charge is 2.29. The smallest absolute Gasteiger partial charge is 0.133 e. The maximum Gasteiger partial charge on any atom is 0.133 e. The molecule has 2 unspecified atom stereocenters. The third kappa shape index (κ3) is 3.50. The summed E-state index contributed by atoms with van der Waals surface area (Å²) in [5.41, 5.74) is 0.372. The fraction of sp³-hybridized carbons (Fsp3) is 0.917. The van der Waals surface area contributed by atoms with Gasteiger partial charge in [-0.3, -0.25) is 4.79 Å². The molecule has 1 nitrogen and oxygen atoms in total. The quantitative estimate of drug-likeness (QED) is 0.607. The molecule has 76 valence electrons. The van der Waals surface area contributed by atoms with Crippen molar-refractivity contribution in [2.75, 3.05) is 0 Å². The molecular weight excluding hydrogens is 160 g/mol. The van der Waals surface area contributed by atoms with Gasteiger partial charge in [0, 0.05) is 12.8 Å². The van der Waals surface area contributed by atoms with E-state index in [1.165, 1.54) is 6.42 Å². The summed E-state index contributed by atoms with van der Waals surface area (Å²) in [6.07, 6.45) is 3.96. The van der Waals surface area contributed by atoms with E-state index in [1.54, 1.807) is 0 Å². The third-order valence-electron chi connectivity index (χ3n) is 3.05. The SMILES string of the molecule is CC1CCC(=O)CC1CC(C)(C)C. The zero-order valence-electron chi connectivity index (χ0n) is 9.39. The van der Waals surface area contributed by atoms with Crippen molar-refractivity contribution >= 4 is 5.78 Å². The Morgan fingerprint density at radius 1 is 1.38 bits per heavy atom. The van der Waals surface area contributed by atoms with E-state index in [1.807, 2.05) is 0 Å². The second-order valence-corrected chi connectivity index (χ2v) is 5.78. The van der Waals surface area contributed by atoms with Crippen LogP contribution in [0.4, 0.5) is 0 Å². The average molecular weight is 182 g/mol. The Labute approximate surface area is 81.9 Å². The summed E-state index contributed by atoms with van der Waals surface area (Å²) >= 11 is 0. The van der Waals surface area contributed by atoms with Crippen molar-refractivity contribution in [3.05, 3.63) is 0 Å². The van der Waals surface area contributed by atoms with Crippen molar-refractivity contribution in [3.63, 3.8) is 0 Å². The Balaban J connectivity index is 2.51. The van der Waals surface area contributed by atoms with Crippen LogP contribution in [0.5, 0.6) is 0 Å². The second-order valence-electron chi connectivity index (χ2n) is 5.78. The van der Waals surface area contributed by atoms with Crippen LogP contribution in [0.1, 0.15) is 53.4 Å². The molecule has 1 aliphatic rings. The van der Waals surface area contributed by atoms with Crippen LogP contribution in [0.25, 0.3) is 0 Å². The maximum absolute atomic E-state index is 11.3. The second kappa shape index (κ2) is 3.81. The van der Waals surface area contributed by atoms with Crippen LogP contribution in [0, 0.1) is 17.3 Å². The summed E-state index contributed by atoms with van der Waals surface area (Å²) in [7, 11) is 0. The van der Waals surface area contributed by atoms with Crippen LogP contribution in [0.2, 0.25) is 0 Å². The normalized spacial score (nSPS) is 30.6. The van der Waals surface area contributed by atoms with Gasteiger partial charge < -0.3 is 0 Å². The Kier molecular flexibility index (Phi) is 3.15. The van der Waals surface area contributed by atoms with Crippen LogP contribution in [-0.2, 0) is 4.79 Å². The number of ketones is 1. The van der Waals surface area contributed by atoms with E-state index in [9.17, 15) is 4.79 Å². The van der Waals surface area contributed by atoms with Crippen molar-refractivity contribution in [1.29, 1.82) is 0 Å². The highest BCUT2D eigenvalue weighted by Crippen LogP contribution is 2.36. The highest BCUT2D eigenvalue weighted by atomic mass is 16.1. The summed E-state index contributed by atoms with van der Waals surface area (Å²) < 4.78 is 0. The summed E-state index contributed by atoms with van der Waals surface area (Å²) in [5, 5.41) is 0. The first-order valence-electron chi connectivity index (χ1n) is 5.40. The third-order valence-corrected chi connectivity index (χ3v) is 3.05. The Bertz CT molecular complexity index is 188. The molecule has 1 heteroatoms. The minimum atomic E-state index is 0.372. The predicted octanol–water partition coefficient (Wildman–Crippen LogP) is 3.43. The minimum absolute atomic E-state index is 0.372. The van der Waals surface area contributed by atoms with Crippen LogP contribution in [-0.4, -0.2) is 5.78 Å². The van der Waals surface area contributed by atoms with Gasteiger partial charge in [-0.05, 0) is 30.1 Å². The van der Waals surface area contributed by atoms with Gasteiger partial charge in [0.1, 0.15) is 5.78 Å². The van der Waals surface area contributed by atoms with Gasteiger partial charge in [0.25, 0.3) is 0 Å². The first-order valence-corrected chi connectivity index (χ1v) is 5.40. The van der Waals surface area contributed by atoms with Crippen molar-refractivity contribution in [1.82, 2.24) is 0 Å². The molecule has 1 aliphatic carbocycles. The Morgan fingerprint density at radius 3 is 2.54 bits per heavy atom. The molecule has 1 rings (SSSR count). The fourth-order valence-electron chi connectivity index (χ4n) is 2.28. The Hall–Kier alpha value is -0.330. The van der Waals surface area contributed by atoms with Gasteiger partial charge in [-0.15, -0.1) is 0 Å². The van der Waals surface area contributed by atoms with Gasteiger partial charge in [0.15, 0.2) is 0 Å². The van der Waals surface area contributed by atoms with Crippen molar-refractivity contribution in [2.24, 2.45) is 17.3 Å². The number of rotatable bonds is 1. The lowest BCUT2D eigenvalue weighted by atomic mass is 9.72. The Morgan fingerprint density at radius 2 is 2.00 bits per heavy atom. The van der Waals surface area contributed by atoms with Gasteiger partial charge in [-0.25, -0.2) is 0 Å². The number of Topliss-reactive ketones (excluding diaryl/α,β-unsaturated/α-hetero) is 1. The van der Waals surface area contributed by atoms with E-state index in [0.29, 0.717) is 17.1 Å². The van der Waals surface area contributed by atoms with Crippen molar-refractivity contribution in [3.8, 4) is 0 Å². The summed E-state index contributed by atoms with van der Waals surface area (Å²) in [5.74, 6) is 1.87. The summed E-state index contributed by atoms with van der Waals surface area (Å²) in [6.45, 7) is 9.08. The summed E-state index contributed by atoms with van der Waals surface area (Å²) in [4.78, 5) is 11.3. The topological polar surface area (TPSA) is 17.1 Å². The molecule has 13 heavy (non-hydrogen) atoms. The minimum Gasteiger partial charge on any atom is -0.300 e. The van der Waals surface area contributed by atoms with Crippen molar-refractivity contribution in [2.45, 2.75) is 53.4 Å². The monoisotopic (exact) mass is 182 g/mol. The molecule has 0 N–H and O–H groups in total. The average Bonchev–Trinajstić information content (AvgIpc) is 1.94. The number of hydrogen-bond donors (Lipinski definition) is 0. The largest absolute Gasteiger partial charge is 0.300 e. The van der Waals surface area contributed by atoms with Gasteiger partial charge in [0.05, 0.1) is 0 Å². The predicted molar refractivity (Wildman–Crippen MR) is 55.6 cm³/mol. The lowest BCUT2D eigenvalue weighted by molar-refractivity contribution is -0.122. The molecule has 1 fully saturated rings. The van der Waals surface area contributed by atoms with Gasteiger partial charge >= 0.3 is 0 Å². The first-order chi connectivity index (χ1) is 5.88. The number of hydrogen-bond acceptors (Lipinski definition) is 1. The first kappa shape index (κ1) is 10.7. The van der Waals surface area contributed by atoms with E-state index in [2.05, 4.69) is 27.7 Å². The van der Waals surface area contributed by atoms with Crippen molar-refractivity contribution < 1.29 is 4.79 Å². The van der Waals surface area contributed by atoms with E-state index in [-0.39, 0.29) is 0 Å². The number of carbonyl (C=O) groups is 1. The summed E-state index contributed by atoms with van der Waals surface area (Å²) in [6, 6.07) is 0. The fourth-order valence-corrected chi connectivity index (χ4v) is 2.28. The molecule has 0 aliphatic heterocycles. The van der Waals surface area contributed by atoms with E-state index in [4.69, 9.17) is 0 Å². The van der Waals surface area contributed by atoms with Crippen LogP contribution in [0.15, 0.2) is 0 Å². The van der Waals surface area contributed by atoms with Crippen LogP contribution >= 0.6 is 0 Å². The standard InChI is InChI=1S/C12H22O/c1-9-5-6-11(13)7-10(9)8-12(2,3)4/h9-10H,5-8H2,1-4H3. The highest BCUT2D eigenvalue weighted by molar-refractivity contribution is 5.79. The van der Waals surface area contributed by atoms with E-state index in [0.717, 1.165) is 25.2 Å². The maximum atomic E-state index is 11.3. The zero-order valence-corrected chi connectivity index (χ0v) is 9.39. The van der Waals surface area contributed by atoms with Crippen LogP contribution < -0.4 is 0 Å². The molecule has 0 aromatic heterocycles. The molecule has 0 spiro atoms. The van der Waals surface area contributed by atoms with Crippen LogP contribution in [0.3, 0.4) is 0 Å². The molecule has 0 bridgehead atoms. The molecule has 2 atom stereocenters. The van der Waals surface area contributed by atoms with Gasteiger partial charge in [-0.2, -0.15) is 0 Å². The number of carbonyl (C=O) groups excluding carboxylic acids is 1. The molecule has 1 saturated carbocycles. The lowest BCUT2D eigenvalue weighted by Gasteiger charge is -2.33. The van der Waals surface area contributed by atoms with E-state index < -0.39 is 0 Å². The van der Waals surface area contributed by atoms with Gasteiger partial charge in [-0.1, -0.05) is 27.7 Å². The molecule has 0 heterocycles. The molecule has 0 aromatic rings. The molecule has 0 saturated heterocycles. The lowest BCUT2D eigenvalue weighted by Crippen LogP contribution is -2.26. The molecular formula is C12H22O.